The summed E-state index contributed by atoms with van der Waals surface area (Å²) in [6.45, 7) is 2.19. The van der Waals surface area contributed by atoms with E-state index in [4.69, 9.17) is 0 Å². The molecule has 3 fully saturated rings. The molecule has 17 heavy (non-hydrogen) atoms. The number of aliphatic hydroxyl groups excluding tert-OH is 1. The SMILES string of the molecule is OC1C(=Cc2ccccc2Br)N2CCC1CC2. The summed E-state index contributed by atoms with van der Waals surface area (Å²) in [6, 6.07) is 8.15. The number of hydrogen-bond acceptors (Lipinski definition) is 2. The van der Waals surface area contributed by atoms with Gasteiger partial charge in [0.15, 0.2) is 0 Å². The molecule has 3 saturated heterocycles. The minimum absolute atomic E-state index is 0.274. The van der Waals surface area contributed by atoms with Crippen molar-refractivity contribution in [1.82, 2.24) is 4.90 Å². The minimum Gasteiger partial charge on any atom is -0.387 e. The van der Waals surface area contributed by atoms with Gasteiger partial charge in [0.25, 0.3) is 0 Å². The first-order valence-corrected chi connectivity index (χ1v) is 6.94. The maximum Gasteiger partial charge on any atom is 0.0965 e. The van der Waals surface area contributed by atoms with Crippen molar-refractivity contribution >= 4 is 22.0 Å². The van der Waals surface area contributed by atoms with Gasteiger partial charge in [-0.2, -0.15) is 0 Å². The van der Waals surface area contributed by atoms with E-state index in [1.54, 1.807) is 0 Å². The summed E-state index contributed by atoms with van der Waals surface area (Å²) in [5.74, 6) is 0.466. The third-order valence-electron chi connectivity index (χ3n) is 3.86. The van der Waals surface area contributed by atoms with Crippen molar-refractivity contribution in [2.24, 2.45) is 5.92 Å². The van der Waals surface area contributed by atoms with Gasteiger partial charge < -0.3 is 10.0 Å². The first-order valence-electron chi connectivity index (χ1n) is 6.15. The smallest absolute Gasteiger partial charge is 0.0965 e. The first-order chi connectivity index (χ1) is 8.25. The van der Waals surface area contributed by atoms with Crippen LogP contribution in [0.5, 0.6) is 0 Å². The Morgan fingerprint density at radius 3 is 2.59 bits per heavy atom. The van der Waals surface area contributed by atoms with Crippen LogP contribution in [-0.2, 0) is 0 Å². The lowest BCUT2D eigenvalue weighted by molar-refractivity contribution is 0.0215. The predicted molar refractivity (Wildman–Crippen MR) is 72.4 cm³/mol. The highest BCUT2D eigenvalue weighted by Crippen LogP contribution is 2.36. The highest BCUT2D eigenvalue weighted by atomic mass is 79.9. The van der Waals surface area contributed by atoms with Crippen LogP contribution in [-0.4, -0.2) is 29.2 Å². The molecule has 0 saturated carbocycles. The first kappa shape index (κ1) is 11.3. The van der Waals surface area contributed by atoms with Gasteiger partial charge in [0, 0.05) is 23.3 Å². The molecular formula is C14H16BrNO. The van der Waals surface area contributed by atoms with Gasteiger partial charge in [-0.3, -0.25) is 0 Å². The summed E-state index contributed by atoms with van der Waals surface area (Å²) in [6.07, 6.45) is 4.12. The molecule has 4 rings (SSSR count). The Labute approximate surface area is 110 Å². The van der Waals surface area contributed by atoms with Crippen molar-refractivity contribution < 1.29 is 5.11 Å². The Morgan fingerprint density at radius 1 is 1.24 bits per heavy atom. The lowest BCUT2D eigenvalue weighted by Gasteiger charge is -2.46. The van der Waals surface area contributed by atoms with E-state index < -0.39 is 0 Å². The molecule has 3 heteroatoms. The molecule has 1 aromatic carbocycles. The Hall–Kier alpha value is -0.800. The molecule has 0 radical (unpaired) electrons. The van der Waals surface area contributed by atoms with Crippen LogP contribution in [0.4, 0.5) is 0 Å². The largest absolute Gasteiger partial charge is 0.387 e. The lowest BCUT2D eigenvalue weighted by Crippen LogP contribution is -2.48. The number of hydrogen-bond donors (Lipinski definition) is 1. The van der Waals surface area contributed by atoms with Crippen molar-refractivity contribution in [2.75, 3.05) is 13.1 Å². The molecule has 1 aromatic rings. The predicted octanol–water partition coefficient (Wildman–Crippen LogP) is 2.88. The molecule has 0 aliphatic carbocycles. The van der Waals surface area contributed by atoms with Crippen LogP contribution >= 0.6 is 15.9 Å². The van der Waals surface area contributed by atoms with E-state index in [1.165, 1.54) is 0 Å². The van der Waals surface area contributed by atoms with Crippen molar-refractivity contribution in [1.29, 1.82) is 0 Å². The second kappa shape index (κ2) is 4.46. The second-order valence-electron chi connectivity index (χ2n) is 4.86. The van der Waals surface area contributed by atoms with Gasteiger partial charge in [-0.1, -0.05) is 34.1 Å². The van der Waals surface area contributed by atoms with Crippen LogP contribution in [0.1, 0.15) is 18.4 Å². The quantitative estimate of drug-likeness (QED) is 0.861. The van der Waals surface area contributed by atoms with Crippen LogP contribution in [0.15, 0.2) is 34.4 Å². The van der Waals surface area contributed by atoms with Gasteiger partial charge in [0.1, 0.15) is 0 Å². The molecule has 90 valence electrons. The molecule has 0 amide bonds. The van der Waals surface area contributed by atoms with E-state index in [0.717, 1.165) is 41.7 Å². The molecule has 0 aromatic heterocycles. The monoisotopic (exact) mass is 293 g/mol. The Morgan fingerprint density at radius 2 is 1.94 bits per heavy atom. The van der Waals surface area contributed by atoms with E-state index in [-0.39, 0.29) is 6.10 Å². The number of aliphatic hydroxyl groups is 1. The molecule has 3 heterocycles. The summed E-state index contributed by atoms with van der Waals surface area (Å²) in [5, 5.41) is 10.3. The van der Waals surface area contributed by atoms with Crippen LogP contribution in [0.25, 0.3) is 6.08 Å². The van der Waals surface area contributed by atoms with Gasteiger partial charge in [-0.05, 0) is 36.5 Å². The topological polar surface area (TPSA) is 23.5 Å². The number of piperidine rings is 3. The molecule has 2 nitrogen and oxygen atoms in total. The number of fused-ring (bicyclic) bond motifs is 3. The molecule has 3 aliphatic heterocycles. The standard InChI is InChI=1S/C14H16BrNO/c15-12-4-2-1-3-11(12)9-13-14(17)10-5-7-16(13)8-6-10/h1-4,9-10,14,17H,5-8H2. The zero-order valence-electron chi connectivity index (χ0n) is 9.64. The summed E-state index contributed by atoms with van der Waals surface area (Å²) in [4.78, 5) is 2.32. The van der Waals surface area contributed by atoms with Crippen molar-refractivity contribution in [2.45, 2.75) is 18.9 Å². The Bertz CT molecular complexity index is 445. The number of nitrogens with zero attached hydrogens (tertiary/aromatic N) is 1. The highest BCUT2D eigenvalue weighted by molar-refractivity contribution is 9.10. The van der Waals surface area contributed by atoms with Gasteiger partial charge in [-0.25, -0.2) is 0 Å². The third-order valence-corrected chi connectivity index (χ3v) is 4.59. The zero-order chi connectivity index (χ0) is 11.8. The van der Waals surface area contributed by atoms with Gasteiger partial charge in [-0.15, -0.1) is 0 Å². The second-order valence-corrected chi connectivity index (χ2v) is 5.71. The van der Waals surface area contributed by atoms with E-state index in [9.17, 15) is 5.11 Å². The molecule has 1 N–H and O–H groups in total. The van der Waals surface area contributed by atoms with Gasteiger partial charge >= 0.3 is 0 Å². The number of benzene rings is 1. The molecule has 3 aliphatic rings. The fourth-order valence-corrected chi connectivity index (χ4v) is 3.23. The number of rotatable bonds is 1. The van der Waals surface area contributed by atoms with E-state index in [0.29, 0.717) is 5.92 Å². The fourth-order valence-electron chi connectivity index (χ4n) is 2.83. The summed E-state index contributed by atoms with van der Waals surface area (Å²) < 4.78 is 1.09. The van der Waals surface area contributed by atoms with E-state index >= 15 is 0 Å². The highest BCUT2D eigenvalue weighted by Gasteiger charge is 2.36. The minimum atomic E-state index is -0.274. The van der Waals surface area contributed by atoms with Gasteiger partial charge in [0.2, 0.25) is 0 Å². The van der Waals surface area contributed by atoms with Crippen LogP contribution in [0, 0.1) is 5.92 Å². The van der Waals surface area contributed by atoms with Gasteiger partial charge in [0.05, 0.1) is 6.10 Å². The molecule has 1 atom stereocenters. The Balaban J connectivity index is 1.96. The summed E-state index contributed by atoms with van der Waals surface area (Å²) >= 11 is 3.55. The van der Waals surface area contributed by atoms with Crippen LogP contribution in [0.2, 0.25) is 0 Å². The molecule has 1 unspecified atom stereocenters. The molecule has 0 spiro atoms. The Kier molecular flexibility index (Phi) is 2.97. The fraction of sp³-hybridized carbons (Fsp3) is 0.429. The van der Waals surface area contributed by atoms with Crippen LogP contribution < -0.4 is 0 Å². The number of halogens is 1. The normalized spacial score (nSPS) is 30.0. The van der Waals surface area contributed by atoms with Crippen LogP contribution in [0.3, 0.4) is 0 Å². The lowest BCUT2D eigenvalue weighted by atomic mass is 9.83. The van der Waals surface area contributed by atoms with E-state index in [1.807, 2.05) is 18.2 Å². The summed E-state index contributed by atoms with van der Waals surface area (Å²) in [7, 11) is 0. The third kappa shape index (κ3) is 2.02. The van der Waals surface area contributed by atoms with Crippen molar-refractivity contribution in [3.63, 3.8) is 0 Å². The maximum absolute atomic E-state index is 10.3. The maximum atomic E-state index is 10.3. The average molecular weight is 294 g/mol. The molecule has 2 bridgehead atoms. The zero-order valence-corrected chi connectivity index (χ0v) is 11.2. The van der Waals surface area contributed by atoms with Crippen molar-refractivity contribution in [3.05, 3.63) is 40.0 Å². The summed E-state index contributed by atoms with van der Waals surface area (Å²) in [5.41, 5.74) is 2.24. The van der Waals surface area contributed by atoms with Crippen molar-refractivity contribution in [3.8, 4) is 0 Å². The molecular weight excluding hydrogens is 278 g/mol. The average Bonchev–Trinajstić information content (AvgIpc) is 2.36. The van der Waals surface area contributed by atoms with E-state index in [2.05, 4.69) is 33.0 Å².